The third kappa shape index (κ3) is 4.13. The van der Waals surface area contributed by atoms with Crippen molar-refractivity contribution in [2.24, 2.45) is 0 Å². The van der Waals surface area contributed by atoms with Gasteiger partial charge >= 0.3 is 12.0 Å². The Morgan fingerprint density at radius 1 is 1.29 bits per heavy atom. The molecule has 7 heteroatoms. The van der Waals surface area contributed by atoms with E-state index in [-0.39, 0.29) is 18.9 Å². The summed E-state index contributed by atoms with van der Waals surface area (Å²) in [6.45, 7) is 6.52. The summed E-state index contributed by atoms with van der Waals surface area (Å²) < 4.78 is 4.94. The smallest absolute Gasteiger partial charge is 0.340 e. The molecule has 2 rings (SSSR count). The molecule has 0 radical (unpaired) electrons. The highest BCUT2D eigenvalue weighted by molar-refractivity contribution is 5.94. The fourth-order valence-electron chi connectivity index (χ4n) is 2.44. The molecule has 1 N–H and O–H groups in total. The first-order chi connectivity index (χ1) is 11.6. The third-order valence-corrected chi connectivity index (χ3v) is 3.50. The Labute approximate surface area is 140 Å². The summed E-state index contributed by atoms with van der Waals surface area (Å²) in [6, 6.07) is 6.08. The highest BCUT2D eigenvalue weighted by Gasteiger charge is 2.30. The molecule has 24 heavy (non-hydrogen) atoms. The van der Waals surface area contributed by atoms with Gasteiger partial charge in [-0.1, -0.05) is 12.1 Å². The van der Waals surface area contributed by atoms with E-state index in [0.29, 0.717) is 24.3 Å². The number of carbonyl (C=O) groups excluding carboxylic acids is 3. The summed E-state index contributed by atoms with van der Waals surface area (Å²) in [7, 11) is 0. The van der Waals surface area contributed by atoms with Crippen LogP contribution in [-0.4, -0.2) is 47.6 Å². The van der Waals surface area contributed by atoms with Gasteiger partial charge in [0.05, 0.1) is 12.2 Å². The summed E-state index contributed by atoms with van der Waals surface area (Å²) in [5, 5.41) is 5.51. The molecule has 1 heterocycles. The van der Waals surface area contributed by atoms with Crippen molar-refractivity contribution in [2.75, 3.05) is 25.0 Å². The van der Waals surface area contributed by atoms with Crippen LogP contribution in [0.4, 0.5) is 10.5 Å². The van der Waals surface area contributed by atoms with Crippen molar-refractivity contribution in [1.82, 2.24) is 10.0 Å². The largest absolute Gasteiger partial charge is 0.462 e. The number of urea groups is 1. The van der Waals surface area contributed by atoms with Crippen LogP contribution in [0.2, 0.25) is 0 Å². The van der Waals surface area contributed by atoms with Crippen molar-refractivity contribution in [3.8, 4) is 0 Å². The van der Waals surface area contributed by atoms with E-state index >= 15 is 0 Å². The Morgan fingerprint density at radius 2 is 2.04 bits per heavy atom. The molecule has 0 aliphatic carbocycles. The number of carbonyl (C=O) groups is 3. The zero-order valence-corrected chi connectivity index (χ0v) is 13.7. The topological polar surface area (TPSA) is 79.0 Å². The van der Waals surface area contributed by atoms with Gasteiger partial charge in [-0.3, -0.25) is 4.79 Å². The van der Waals surface area contributed by atoms with E-state index in [0.717, 1.165) is 6.42 Å². The molecule has 0 saturated carbocycles. The summed E-state index contributed by atoms with van der Waals surface area (Å²) in [6.07, 6.45) is 2.42. The molecular weight excluding hydrogens is 310 g/mol. The zero-order chi connectivity index (χ0) is 17.5. The quantitative estimate of drug-likeness (QED) is 0.664. The molecule has 0 atom stereocenters. The second-order valence-electron chi connectivity index (χ2n) is 5.22. The van der Waals surface area contributed by atoms with Crippen molar-refractivity contribution in [1.29, 1.82) is 0 Å². The highest BCUT2D eigenvalue weighted by Crippen LogP contribution is 2.17. The first-order valence-corrected chi connectivity index (χ1v) is 7.83. The van der Waals surface area contributed by atoms with E-state index < -0.39 is 12.0 Å². The van der Waals surface area contributed by atoms with Crippen molar-refractivity contribution in [3.63, 3.8) is 0 Å². The number of amides is 3. The average molecular weight is 331 g/mol. The van der Waals surface area contributed by atoms with Gasteiger partial charge in [0.2, 0.25) is 5.91 Å². The zero-order valence-electron chi connectivity index (χ0n) is 13.7. The monoisotopic (exact) mass is 331 g/mol. The van der Waals surface area contributed by atoms with E-state index in [1.54, 1.807) is 31.2 Å². The van der Waals surface area contributed by atoms with Crippen molar-refractivity contribution in [3.05, 3.63) is 42.5 Å². The first kappa shape index (κ1) is 17.5. The Morgan fingerprint density at radius 3 is 2.75 bits per heavy atom. The second-order valence-corrected chi connectivity index (χ2v) is 5.22. The molecule has 1 aromatic carbocycles. The van der Waals surface area contributed by atoms with Crippen LogP contribution in [0.5, 0.6) is 0 Å². The minimum atomic E-state index is -0.447. The van der Waals surface area contributed by atoms with E-state index in [1.165, 1.54) is 16.1 Å². The van der Waals surface area contributed by atoms with Crippen LogP contribution in [0.25, 0.3) is 0 Å². The standard InChI is InChI=1S/C17H21N3O4/c1-3-7-15(21)19-10-6-11-20(19)17(23)18-14-9-5-8-13(12-14)16(22)24-4-2/h3,5,8-9,12H,1,4,6-7,10-11H2,2H3,(H,18,23). The molecule has 0 spiro atoms. The molecule has 0 bridgehead atoms. The maximum Gasteiger partial charge on any atom is 0.340 e. The summed E-state index contributed by atoms with van der Waals surface area (Å²) in [4.78, 5) is 36.2. The SMILES string of the molecule is C=CCC(=O)N1CCCN1C(=O)Nc1cccc(C(=O)OCC)c1. The molecule has 1 aliphatic heterocycles. The van der Waals surface area contributed by atoms with Crippen LogP contribution in [0, 0.1) is 0 Å². The lowest BCUT2D eigenvalue weighted by atomic mass is 10.2. The number of nitrogens with one attached hydrogen (secondary N) is 1. The molecule has 3 amide bonds. The molecule has 7 nitrogen and oxygen atoms in total. The van der Waals surface area contributed by atoms with Crippen LogP contribution in [0.1, 0.15) is 30.1 Å². The summed E-state index contributed by atoms with van der Waals surface area (Å²) in [5.41, 5.74) is 0.823. The van der Waals surface area contributed by atoms with Crippen LogP contribution < -0.4 is 5.32 Å². The predicted octanol–water partition coefficient (Wildman–Crippen LogP) is 2.42. The van der Waals surface area contributed by atoms with Crippen molar-refractivity contribution in [2.45, 2.75) is 19.8 Å². The van der Waals surface area contributed by atoms with Gasteiger partial charge in [0.1, 0.15) is 0 Å². The molecular formula is C17H21N3O4. The minimum absolute atomic E-state index is 0.169. The van der Waals surface area contributed by atoms with Gasteiger partial charge in [-0.15, -0.1) is 6.58 Å². The van der Waals surface area contributed by atoms with E-state index in [9.17, 15) is 14.4 Å². The van der Waals surface area contributed by atoms with Gasteiger partial charge in [-0.2, -0.15) is 0 Å². The lowest BCUT2D eigenvalue weighted by Crippen LogP contribution is -2.46. The minimum Gasteiger partial charge on any atom is -0.462 e. The number of esters is 1. The fourth-order valence-corrected chi connectivity index (χ4v) is 2.44. The van der Waals surface area contributed by atoms with E-state index in [1.807, 2.05) is 0 Å². The number of ether oxygens (including phenoxy) is 1. The Kier molecular flexibility index (Phi) is 5.95. The lowest BCUT2D eigenvalue weighted by Gasteiger charge is -2.27. The predicted molar refractivity (Wildman–Crippen MR) is 89.3 cm³/mol. The number of hydrazine groups is 1. The third-order valence-electron chi connectivity index (χ3n) is 3.50. The van der Waals surface area contributed by atoms with Crippen LogP contribution in [-0.2, 0) is 9.53 Å². The van der Waals surface area contributed by atoms with E-state index in [2.05, 4.69) is 11.9 Å². The number of nitrogens with zero attached hydrogens (tertiary/aromatic N) is 2. The first-order valence-electron chi connectivity index (χ1n) is 7.83. The molecule has 1 aromatic rings. The maximum atomic E-state index is 12.4. The van der Waals surface area contributed by atoms with Gasteiger partial charge in [0, 0.05) is 25.2 Å². The number of hydrogen-bond acceptors (Lipinski definition) is 4. The van der Waals surface area contributed by atoms with Gasteiger partial charge in [0.15, 0.2) is 0 Å². The fraction of sp³-hybridized carbons (Fsp3) is 0.353. The van der Waals surface area contributed by atoms with Crippen LogP contribution in [0.3, 0.4) is 0 Å². The molecule has 1 saturated heterocycles. The number of rotatable bonds is 5. The van der Waals surface area contributed by atoms with Crippen molar-refractivity contribution < 1.29 is 19.1 Å². The summed E-state index contributed by atoms with van der Waals surface area (Å²) in [5.74, 6) is -0.615. The molecule has 0 unspecified atom stereocenters. The number of hydrogen-bond donors (Lipinski definition) is 1. The van der Waals surface area contributed by atoms with E-state index in [4.69, 9.17) is 4.74 Å². The Balaban J connectivity index is 2.06. The van der Waals surface area contributed by atoms with Gasteiger partial charge in [-0.05, 0) is 31.5 Å². The van der Waals surface area contributed by atoms with Gasteiger partial charge < -0.3 is 10.1 Å². The van der Waals surface area contributed by atoms with Gasteiger partial charge in [-0.25, -0.2) is 19.6 Å². The average Bonchev–Trinajstić information content (AvgIpc) is 3.05. The lowest BCUT2D eigenvalue weighted by molar-refractivity contribution is -0.138. The molecule has 0 aromatic heterocycles. The van der Waals surface area contributed by atoms with Crippen LogP contribution >= 0.6 is 0 Å². The van der Waals surface area contributed by atoms with Gasteiger partial charge in [0.25, 0.3) is 0 Å². The normalized spacial score (nSPS) is 13.5. The highest BCUT2D eigenvalue weighted by atomic mass is 16.5. The second kappa shape index (κ2) is 8.14. The Bertz CT molecular complexity index is 644. The summed E-state index contributed by atoms with van der Waals surface area (Å²) >= 11 is 0. The van der Waals surface area contributed by atoms with Crippen LogP contribution in [0.15, 0.2) is 36.9 Å². The molecule has 1 fully saturated rings. The maximum absolute atomic E-state index is 12.4. The number of benzene rings is 1. The molecule has 128 valence electrons. The molecule has 1 aliphatic rings. The number of anilines is 1. The van der Waals surface area contributed by atoms with Crippen molar-refractivity contribution >= 4 is 23.6 Å². The Hall–Kier alpha value is -2.83.